The molecular weight excluding hydrogens is 131 g/mol. The predicted molar refractivity (Wildman–Crippen MR) is 42.8 cm³/mol. The van der Waals surface area contributed by atoms with E-state index in [0.29, 0.717) is 11.8 Å². The molecule has 0 aliphatic heterocycles. The van der Waals surface area contributed by atoms with Gasteiger partial charge in [-0.25, -0.2) is 0 Å². The summed E-state index contributed by atoms with van der Waals surface area (Å²) < 4.78 is 5.28. The average molecular weight is 146 g/mol. The Kier molecular flexibility index (Phi) is 2.94. The third-order valence-corrected chi connectivity index (χ3v) is 2.82. The lowest BCUT2D eigenvalue weighted by Crippen LogP contribution is -2.26. The van der Waals surface area contributed by atoms with Crippen LogP contribution in [0, 0.1) is 0 Å². The van der Waals surface area contributed by atoms with Crippen LogP contribution in [0.2, 0.25) is 0 Å². The van der Waals surface area contributed by atoms with Crippen LogP contribution in [0.15, 0.2) is 0 Å². The van der Waals surface area contributed by atoms with Crippen LogP contribution >= 0.6 is 9.24 Å². The van der Waals surface area contributed by atoms with E-state index in [1.807, 2.05) is 7.11 Å². The Bertz CT molecular complexity index is 85.0. The Morgan fingerprint density at radius 2 is 2.00 bits per heavy atom. The Labute approximate surface area is 59.4 Å². The third kappa shape index (κ3) is 1.91. The van der Waals surface area contributed by atoms with E-state index in [0.717, 1.165) is 0 Å². The van der Waals surface area contributed by atoms with Crippen molar-refractivity contribution in [3.8, 4) is 0 Å². The maximum absolute atomic E-state index is 5.28. The molecule has 1 saturated carbocycles. The van der Waals surface area contributed by atoms with E-state index in [1.54, 1.807) is 0 Å². The summed E-state index contributed by atoms with van der Waals surface area (Å²) in [6, 6.07) is 0. The molecule has 0 aromatic carbocycles. The molecule has 0 spiro atoms. The van der Waals surface area contributed by atoms with E-state index < -0.39 is 0 Å². The van der Waals surface area contributed by atoms with Crippen molar-refractivity contribution in [2.45, 2.75) is 37.4 Å². The van der Waals surface area contributed by atoms with Crippen molar-refractivity contribution < 1.29 is 4.74 Å². The molecule has 1 rings (SSSR count). The smallest absolute Gasteiger partial charge is 0.0633 e. The van der Waals surface area contributed by atoms with Gasteiger partial charge in [-0.2, -0.15) is 0 Å². The van der Waals surface area contributed by atoms with Crippen LogP contribution in [0.3, 0.4) is 0 Å². The first-order chi connectivity index (χ1) is 4.34. The van der Waals surface area contributed by atoms with Crippen molar-refractivity contribution in [3.63, 3.8) is 0 Å². The van der Waals surface area contributed by atoms with Crippen LogP contribution in [0.4, 0.5) is 0 Å². The Morgan fingerprint density at radius 3 is 2.44 bits per heavy atom. The standard InChI is InChI=1S/C7H15OP/c1-8-6-4-2-3-5-7(6)9/h6-7H,2-5,9H2,1H3/t6-,7-/m1/s1. The third-order valence-electron chi connectivity index (χ3n) is 2.06. The fourth-order valence-corrected chi connectivity index (χ4v) is 2.00. The van der Waals surface area contributed by atoms with Gasteiger partial charge in [-0.15, -0.1) is 9.24 Å². The molecule has 0 saturated heterocycles. The molecule has 0 aromatic rings. The van der Waals surface area contributed by atoms with Gasteiger partial charge in [0.05, 0.1) is 6.10 Å². The van der Waals surface area contributed by atoms with Crippen LogP contribution in [0.1, 0.15) is 25.7 Å². The lowest BCUT2D eigenvalue weighted by atomic mass is 9.97. The van der Waals surface area contributed by atoms with E-state index in [2.05, 4.69) is 9.24 Å². The van der Waals surface area contributed by atoms with E-state index in [-0.39, 0.29) is 0 Å². The van der Waals surface area contributed by atoms with Crippen molar-refractivity contribution in [1.82, 2.24) is 0 Å². The van der Waals surface area contributed by atoms with Crippen molar-refractivity contribution in [3.05, 3.63) is 0 Å². The van der Waals surface area contributed by atoms with Crippen molar-refractivity contribution >= 4 is 9.24 Å². The van der Waals surface area contributed by atoms with Crippen molar-refractivity contribution in [2.24, 2.45) is 0 Å². The number of methoxy groups -OCH3 is 1. The highest BCUT2D eigenvalue weighted by molar-refractivity contribution is 7.17. The molecule has 1 nitrogen and oxygen atoms in total. The zero-order valence-electron chi connectivity index (χ0n) is 5.97. The SMILES string of the molecule is CO[C@@H]1CCCC[C@H]1P. The molecule has 0 N–H and O–H groups in total. The Balaban J connectivity index is 2.30. The summed E-state index contributed by atoms with van der Waals surface area (Å²) in [6.07, 6.45) is 5.83. The summed E-state index contributed by atoms with van der Waals surface area (Å²) in [6.45, 7) is 0. The highest BCUT2D eigenvalue weighted by Crippen LogP contribution is 2.26. The minimum Gasteiger partial charge on any atom is -0.381 e. The molecule has 0 heterocycles. The normalized spacial score (nSPS) is 36.7. The van der Waals surface area contributed by atoms with E-state index in [4.69, 9.17) is 4.74 Å². The summed E-state index contributed by atoms with van der Waals surface area (Å²) in [4.78, 5) is 0. The highest BCUT2D eigenvalue weighted by atomic mass is 31.0. The first-order valence-corrected chi connectivity index (χ1v) is 4.29. The van der Waals surface area contributed by atoms with Crippen molar-refractivity contribution in [1.29, 1.82) is 0 Å². The summed E-state index contributed by atoms with van der Waals surface area (Å²) in [5.41, 5.74) is 0.712. The van der Waals surface area contributed by atoms with E-state index in [1.165, 1.54) is 25.7 Å². The second kappa shape index (κ2) is 3.53. The predicted octanol–water partition coefficient (Wildman–Crippen LogP) is 1.82. The molecule has 2 heteroatoms. The number of hydrogen-bond donors (Lipinski definition) is 0. The first-order valence-electron chi connectivity index (χ1n) is 3.63. The Morgan fingerprint density at radius 1 is 1.33 bits per heavy atom. The van der Waals surface area contributed by atoms with Crippen LogP contribution in [-0.4, -0.2) is 18.9 Å². The minimum atomic E-state index is 0.517. The van der Waals surface area contributed by atoms with Gasteiger partial charge in [0.1, 0.15) is 0 Å². The molecule has 1 fully saturated rings. The largest absolute Gasteiger partial charge is 0.381 e. The van der Waals surface area contributed by atoms with E-state index >= 15 is 0 Å². The molecule has 1 aliphatic carbocycles. The second-order valence-electron chi connectivity index (χ2n) is 2.72. The fraction of sp³-hybridized carbons (Fsp3) is 1.00. The number of ether oxygens (including phenoxy) is 1. The van der Waals surface area contributed by atoms with Gasteiger partial charge in [0.2, 0.25) is 0 Å². The molecule has 0 radical (unpaired) electrons. The minimum absolute atomic E-state index is 0.517. The highest BCUT2D eigenvalue weighted by Gasteiger charge is 2.19. The van der Waals surface area contributed by atoms with Gasteiger partial charge in [-0.05, 0) is 18.5 Å². The van der Waals surface area contributed by atoms with Gasteiger partial charge in [0.15, 0.2) is 0 Å². The van der Waals surface area contributed by atoms with Crippen molar-refractivity contribution in [2.75, 3.05) is 7.11 Å². The lowest BCUT2D eigenvalue weighted by Gasteiger charge is -2.26. The van der Waals surface area contributed by atoms with Crippen LogP contribution in [0.5, 0.6) is 0 Å². The molecule has 9 heavy (non-hydrogen) atoms. The fourth-order valence-electron chi connectivity index (χ4n) is 1.42. The van der Waals surface area contributed by atoms with Gasteiger partial charge < -0.3 is 4.74 Å². The zero-order valence-corrected chi connectivity index (χ0v) is 7.12. The van der Waals surface area contributed by atoms with Gasteiger partial charge in [0, 0.05) is 7.11 Å². The molecule has 54 valence electrons. The molecule has 0 amide bonds. The van der Waals surface area contributed by atoms with Gasteiger partial charge in [-0.3, -0.25) is 0 Å². The monoisotopic (exact) mass is 146 g/mol. The summed E-state index contributed by atoms with van der Waals surface area (Å²) >= 11 is 0. The first kappa shape index (κ1) is 7.50. The Hall–Kier alpha value is 0.390. The topological polar surface area (TPSA) is 9.23 Å². The molecular formula is C7H15OP. The van der Waals surface area contributed by atoms with E-state index in [9.17, 15) is 0 Å². The van der Waals surface area contributed by atoms with Gasteiger partial charge in [0.25, 0.3) is 0 Å². The number of rotatable bonds is 1. The average Bonchev–Trinajstić information content (AvgIpc) is 1.89. The molecule has 0 aromatic heterocycles. The van der Waals surface area contributed by atoms with Gasteiger partial charge >= 0.3 is 0 Å². The van der Waals surface area contributed by atoms with Crippen LogP contribution in [-0.2, 0) is 4.74 Å². The molecule has 1 unspecified atom stereocenters. The van der Waals surface area contributed by atoms with Crippen LogP contribution < -0.4 is 0 Å². The summed E-state index contributed by atoms with van der Waals surface area (Å²) in [5, 5.41) is 0. The number of hydrogen-bond acceptors (Lipinski definition) is 1. The molecule has 3 atom stereocenters. The molecule has 1 aliphatic rings. The summed E-state index contributed by atoms with van der Waals surface area (Å²) in [7, 11) is 4.68. The maximum atomic E-state index is 5.28. The van der Waals surface area contributed by atoms with Crippen LogP contribution in [0.25, 0.3) is 0 Å². The quantitative estimate of drug-likeness (QED) is 0.513. The summed E-state index contributed by atoms with van der Waals surface area (Å²) in [5.74, 6) is 0. The van der Waals surface area contributed by atoms with Gasteiger partial charge in [-0.1, -0.05) is 12.8 Å². The lowest BCUT2D eigenvalue weighted by molar-refractivity contribution is 0.0761. The second-order valence-corrected chi connectivity index (χ2v) is 3.58. The zero-order chi connectivity index (χ0) is 6.69. The molecule has 0 bridgehead atoms. The maximum Gasteiger partial charge on any atom is 0.0633 e.